The Morgan fingerprint density at radius 2 is 1.73 bits per heavy atom. The Hall–Kier alpha value is -2.15. The predicted octanol–water partition coefficient (Wildman–Crippen LogP) is 5.87. The fraction of sp³-hybridized carbons (Fsp3) is 0.286. The van der Waals surface area contributed by atoms with Gasteiger partial charge in [-0.15, -0.1) is 0 Å². The molecule has 0 saturated heterocycles. The van der Waals surface area contributed by atoms with Crippen LogP contribution in [0.25, 0.3) is 22.2 Å². The minimum absolute atomic E-state index is 0.744. The summed E-state index contributed by atoms with van der Waals surface area (Å²) in [7, 11) is 0. The van der Waals surface area contributed by atoms with Gasteiger partial charge >= 0.3 is 0 Å². The smallest absolute Gasteiger partial charge is 0.0712 e. The Labute approximate surface area is 132 Å². The van der Waals surface area contributed by atoms with Crippen molar-refractivity contribution >= 4 is 10.9 Å². The normalized spacial score (nSPS) is 15.5. The van der Waals surface area contributed by atoms with Crippen molar-refractivity contribution in [2.75, 3.05) is 0 Å². The zero-order valence-corrected chi connectivity index (χ0v) is 13.0. The molecule has 1 aromatic heterocycles. The first-order chi connectivity index (χ1) is 10.8. The van der Waals surface area contributed by atoms with Gasteiger partial charge in [-0.3, -0.25) is 0 Å². The lowest BCUT2D eigenvalue weighted by Crippen LogP contribution is -1.93. The van der Waals surface area contributed by atoms with Gasteiger partial charge in [0.25, 0.3) is 0 Å². The molecule has 0 amide bonds. The first-order valence-corrected chi connectivity index (χ1v) is 8.27. The Bertz CT molecular complexity index is 813. The highest BCUT2D eigenvalue weighted by Gasteiger charge is 2.17. The monoisotopic (exact) mass is 287 g/mol. The molecule has 1 heterocycles. The second-order valence-corrected chi connectivity index (χ2v) is 6.50. The number of hydrogen-bond acceptors (Lipinski definition) is 1. The van der Waals surface area contributed by atoms with Crippen molar-refractivity contribution in [3.05, 3.63) is 65.7 Å². The molecule has 3 aromatic rings. The van der Waals surface area contributed by atoms with E-state index >= 15 is 0 Å². The van der Waals surface area contributed by atoms with Gasteiger partial charge in [-0.2, -0.15) is 0 Å². The molecule has 1 saturated carbocycles. The maximum absolute atomic E-state index is 4.92. The lowest BCUT2D eigenvalue weighted by Gasteiger charge is -2.11. The van der Waals surface area contributed by atoms with Crippen LogP contribution < -0.4 is 0 Å². The van der Waals surface area contributed by atoms with Gasteiger partial charge in [0, 0.05) is 10.9 Å². The zero-order chi connectivity index (χ0) is 14.9. The molecule has 1 heteroatoms. The van der Waals surface area contributed by atoms with E-state index < -0.39 is 0 Å². The molecule has 1 fully saturated rings. The van der Waals surface area contributed by atoms with Gasteiger partial charge in [-0.1, -0.05) is 54.8 Å². The number of rotatable bonds is 2. The summed E-state index contributed by atoms with van der Waals surface area (Å²) < 4.78 is 0. The maximum atomic E-state index is 4.92. The van der Waals surface area contributed by atoms with Crippen LogP contribution in [-0.4, -0.2) is 4.98 Å². The highest BCUT2D eigenvalue weighted by Crippen LogP contribution is 2.35. The van der Waals surface area contributed by atoms with Gasteiger partial charge in [-0.05, 0) is 49.4 Å². The fourth-order valence-electron chi connectivity index (χ4n) is 3.61. The van der Waals surface area contributed by atoms with Crippen LogP contribution in [0, 0.1) is 6.92 Å². The van der Waals surface area contributed by atoms with Crippen LogP contribution in [0.4, 0.5) is 0 Å². The first-order valence-electron chi connectivity index (χ1n) is 8.27. The van der Waals surface area contributed by atoms with Crippen LogP contribution in [0.15, 0.2) is 54.6 Å². The summed E-state index contributed by atoms with van der Waals surface area (Å²) in [5, 5.41) is 1.23. The number of fused-ring (bicyclic) bond motifs is 1. The van der Waals surface area contributed by atoms with Gasteiger partial charge in [0.05, 0.1) is 11.2 Å². The largest absolute Gasteiger partial charge is 0.248 e. The molecular formula is C21H21N. The van der Waals surface area contributed by atoms with Crippen molar-refractivity contribution in [1.82, 2.24) is 4.98 Å². The highest BCUT2D eigenvalue weighted by atomic mass is 14.7. The van der Waals surface area contributed by atoms with E-state index in [2.05, 4.69) is 61.5 Å². The minimum Gasteiger partial charge on any atom is -0.248 e. The molecule has 1 aliphatic carbocycles. The summed E-state index contributed by atoms with van der Waals surface area (Å²) in [6.45, 7) is 2.13. The molecule has 4 rings (SSSR count). The minimum atomic E-state index is 0.744. The van der Waals surface area contributed by atoms with Crippen LogP contribution in [0.5, 0.6) is 0 Å². The number of pyridine rings is 1. The molecule has 2 aromatic carbocycles. The molecule has 22 heavy (non-hydrogen) atoms. The Balaban J connectivity index is 1.78. The number of benzene rings is 2. The Kier molecular flexibility index (Phi) is 3.42. The van der Waals surface area contributed by atoms with Crippen LogP contribution >= 0.6 is 0 Å². The lowest BCUT2D eigenvalue weighted by molar-refractivity contribution is 0.724. The van der Waals surface area contributed by atoms with Gasteiger partial charge in [0.1, 0.15) is 0 Å². The topological polar surface area (TPSA) is 12.9 Å². The van der Waals surface area contributed by atoms with Crippen LogP contribution in [0.2, 0.25) is 0 Å². The average Bonchev–Trinajstić information content (AvgIpc) is 3.08. The van der Waals surface area contributed by atoms with Crippen molar-refractivity contribution in [2.24, 2.45) is 0 Å². The molecule has 1 aliphatic rings. The fourth-order valence-corrected chi connectivity index (χ4v) is 3.61. The van der Waals surface area contributed by atoms with E-state index in [1.54, 1.807) is 0 Å². The highest BCUT2D eigenvalue weighted by molar-refractivity contribution is 5.82. The van der Waals surface area contributed by atoms with Gasteiger partial charge in [0.2, 0.25) is 0 Å². The van der Waals surface area contributed by atoms with E-state index in [0.717, 1.165) is 17.1 Å². The van der Waals surface area contributed by atoms with Crippen LogP contribution in [0.1, 0.15) is 42.7 Å². The van der Waals surface area contributed by atoms with Crippen LogP contribution in [0.3, 0.4) is 0 Å². The number of hydrogen-bond donors (Lipinski definition) is 0. The van der Waals surface area contributed by atoms with E-state index in [0.29, 0.717) is 0 Å². The molecule has 0 atom stereocenters. The van der Waals surface area contributed by atoms with E-state index in [-0.39, 0.29) is 0 Å². The van der Waals surface area contributed by atoms with Gasteiger partial charge in [-0.25, -0.2) is 4.98 Å². The van der Waals surface area contributed by atoms with Crippen LogP contribution in [-0.2, 0) is 0 Å². The standard InChI is InChI=1S/C21H21N/c1-15-5-4-8-19(13-15)20-12-11-17-9-10-18(14-21(17)22-20)16-6-2-3-7-16/h4-5,8-14,16H,2-3,6-7H2,1H3. The summed E-state index contributed by atoms with van der Waals surface area (Å²) in [4.78, 5) is 4.92. The number of aryl methyl sites for hydroxylation is 1. The lowest BCUT2D eigenvalue weighted by atomic mass is 9.96. The van der Waals surface area contributed by atoms with Crippen molar-refractivity contribution in [1.29, 1.82) is 0 Å². The summed E-state index contributed by atoms with van der Waals surface area (Å²) in [5.41, 5.74) is 6.15. The number of aromatic nitrogens is 1. The van der Waals surface area contributed by atoms with Gasteiger partial charge < -0.3 is 0 Å². The first kappa shape index (κ1) is 13.5. The predicted molar refractivity (Wildman–Crippen MR) is 93.1 cm³/mol. The molecule has 0 radical (unpaired) electrons. The summed E-state index contributed by atoms with van der Waals surface area (Å²) in [6, 6.07) is 19.7. The van der Waals surface area contributed by atoms with E-state index in [4.69, 9.17) is 4.98 Å². The summed E-state index contributed by atoms with van der Waals surface area (Å²) in [5.74, 6) is 0.744. The van der Waals surface area contributed by atoms with Crippen molar-refractivity contribution in [3.8, 4) is 11.3 Å². The third-order valence-corrected chi connectivity index (χ3v) is 4.86. The molecule has 0 unspecified atom stereocenters. The second-order valence-electron chi connectivity index (χ2n) is 6.50. The average molecular weight is 287 g/mol. The third-order valence-electron chi connectivity index (χ3n) is 4.86. The summed E-state index contributed by atoms with van der Waals surface area (Å²) >= 11 is 0. The molecule has 0 N–H and O–H groups in total. The molecular weight excluding hydrogens is 266 g/mol. The maximum Gasteiger partial charge on any atom is 0.0712 e. The van der Waals surface area contributed by atoms with Crippen molar-refractivity contribution < 1.29 is 0 Å². The van der Waals surface area contributed by atoms with E-state index in [1.165, 1.54) is 47.8 Å². The van der Waals surface area contributed by atoms with E-state index in [9.17, 15) is 0 Å². The molecule has 0 aliphatic heterocycles. The SMILES string of the molecule is Cc1cccc(-c2ccc3ccc(C4CCCC4)cc3n2)c1. The molecule has 1 nitrogen and oxygen atoms in total. The molecule has 0 bridgehead atoms. The van der Waals surface area contributed by atoms with Gasteiger partial charge in [0.15, 0.2) is 0 Å². The third kappa shape index (κ3) is 2.52. The van der Waals surface area contributed by atoms with Crippen molar-refractivity contribution in [2.45, 2.75) is 38.5 Å². The van der Waals surface area contributed by atoms with Crippen molar-refractivity contribution in [3.63, 3.8) is 0 Å². The second kappa shape index (κ2) is 5.57. The zero-order valence-electron chi connectivity index (χ0n) is 13.0. The Morgan fingerprint density at radius 3 is 2.55 bits per heavy atom. The van der Waals surface area contributed by atoms with E-state index in [1.807, 2.05) is 0 Å². The molecule has 0 spiro atoms. The quantitative estimate of drug-likeness (QED) is 0.574. The molecule has 110 valence electrons. The summed E-state index contributed by atoms with van der Waals surface area (Å²) in [6.07, 6.45) is 5.42. The number of nitrogens with zero attached hydrogens (tertiary/aromatic N) is 1. The Morgan fingerprint density at radius 1 is 0.909 bits per heavy atom.